The van der Waals surface area contributed by atoms with Gasteiger partial charge in [-0.05, 0) is 41.3 Å². The third-order valence-electron chi connectivity index (χ3n) is 3.91. The average molecular weight is 351 g/mol. The van der Waals surface area contributed by atoms with E-state index in [4.69, 9.17) is 0 Å². The highest BCUT2D eigenvalue weighted by molar-refractivity contribution is 9.10. The van der Waals surface area contributed by atoms with Crippen molar-refractivity contribution in [3.63, 3.8) is 0 Å². The molecular formula is C15H15BrN2O3. The van der Waals surface area contributed by atoms with E-state index in [0.717, 1.165) is 23.7 Å². The third kappa shape index (κ3) is 2.44. The molecule has 2 aromatic rings. The Labute approximate surface area is 130 Å². The Balaban J connectivity index is 1.99. The molecule has 1 atom stereocenters. The van der Waals surface area contributed by atoms with Crippen LogP contribution in [0.1, 0.15) is 29.8 Å². The number of likely N-dealkylation sites (tertiary alicyclic amines) is 1. The van der Waals surface area contributed by atoms with Crippen LogP contribution in [-0.2, 0) is 4.79 Å². The van der Waals surface area contributed by atoms with E-state index < -0.39 is 12.0 Å². The summed E-state index contributed by atoms with van der Waals surface area (Å²) in [6.07, 6.45) is 2.20. The maximum atomic E-state index is 12.7. The summed E-state index contributed by atoms with van der Waals surface area (Å²) in [5.41, 5.74) is 1.28. The fourth-order valence-electron chi connectivity index (χ4n) is 2.83. The maximum absolute atomic E-state index is 12.7. The van der Waals surface area contributed by atoms with E-state index >= 15 is 0 Å². The largest absolute Gasteiger partial charge is 0.480 e. The van der Waals surface area contributed by atoms with Gasteiger partial charge in [0.05, 0.1) is 4.47 Å². The predicted molar refractivity (Wildman–Crippen MR) is 82.3 cm³/mol. The second-order valence-electron chi connectivity index (χ2n) is 5.21. The van der Waals surface area contributed by atoms with Crippen molar-refractivity contribution in [1.29, 1.82) is 0 Å². The zero-order chi connectivity index (χ0) is 15.0. The molecule has 1 aromatic heterocycles. The Morgan fingerprint density at radius 3 is 2.76 bits per heavy atom. The monoisotopic (exact) mass is 350 g/mol. The summed E-state index contributed by atoms with van der Waals surface area (Å²) in [5.74, 6) is -1.19. The van der Waals surface area contributed by atoms with Crippen LogP contribution < -0.4 is 0 Å². The van der Waals surface area contributed by atoms with Crippen molar-refractivity contribution in [3.8, 4) is 0 Å². The Kier molecular flexibility index (Phi) is 3.71. The standard InChI is InChI=1S/C15H15BrN2O3/c16-12-9-5-1-2-6-10(9)17-13(12)14(19)18-8-4-3-7-11(18)15(20)21/h1-2,5-6,11,17H,3-4,7-8H2,(H,20,21)/t11-/m1/s1. The van der Waals surface area contributed by atoms with Crippen LogP contribution in [0.2, 0.25) is 0 Å². The highest BCUT2D eigenvalue weighted by Crippen LogP contribution is 2.30. The van der Waals surface area contributed by atoms with Gasteiger partial charge in [0.2, 0.25) is 0 Å². The Morgan fingerprint density at radius 1 is 1.29 bits per heavy atom. The number of fused-ring (bicyclic) bond motifs is 1. The number of aliphatic carboxylic acids is 1. The van der Waals surface area contributed by atoms with Gasteiger partial charge in [0, 0.05) is 17.4 Å². The van der Waals surface area contributed by atoms with Crippen LogP contribution in [0.3, 0.4) is 0 Å². The first kappa shape index (κ1) is 14.1. The molecule has 0 radical (unpaired) electrons. The Bertz CT molecular complexity index is 710. The number of hydrogen-bond acceptors (Lipinski definition) is 2. The van der Waals surface area contributed by atoms with Crippen LogP contribution in [0.15, 0.2) is 28.7 Å². The van der Waals surface area contributed by atoms with Gasteiger partial charge in [-0.1, -0.05) is 18.2 Å². The molecule has 0 bridgehead atoms. The van der Waals surface area contributed by atoms with E-state index in [1.54, 1.807) is 0 Å². The molecule has 1 aliphatic rings. The normalized spacial score (nSPS) is 18.9. The third-order valence-corrected chi connectivity index (χ3v) is 4.73. The average Bonchev–Trinajstić information content (AvgIpc) is 2.84. The minimum Gasteiger partial charge on any atom is -0.480 e. The topological polar surface area (TPSA) is 73.4 Å². The summed E-state index contributed by atoms with van der Waals surface area (Å²) in [6.45, 7) is 0.484. The first-order valence-corrected chi connectivity index (χ1v) is 7.69. The van der Waals surface area contributed by atoms with E-state index in [1.165, 1.54) is 4.90 Å². The minimum absolute atomic E-state index is 0.259. The zero-order valence-corrected chi connectivity index (χ0v) is 12.9. The van der Waals surface area contributed by atoms with Crippen molar-refractivity contribution in [2.75, 3.05) is 6.54 Å². The summed E-state index contributed by atoms with van der Waals surface area (Å²) < 4.78 is 0.692. The molecular weight excluding hydrogens is 336 g/mol. The number of nitrogens with one attached hydrogen (secondary N) is 1. The molecule has 2 N–H and O–H groups in total. The Hall–Kier alpha value is -1.82. The van der Waals surface area contributed by atoms with E-state index in [-0.39, 0.29) is 5.91 Å². The number of benzene rings is 1. The molecule has 1 fully saturated rings. The van der Waals surface area contributed by atoms with Crippen LogP contribution in [0.4, 0.5) is 0 Å². The predicted octanol–water partition coefficient (Wildman–Crippen LogP) is 3.01. The van der Waals surface area contributed by atoms with Crippen molar-refractivity contribution >= 4 is 38.7 Å². The van der Waals surface area contributed by atoms with Crippen LogP contribution in [0.5, 0.6) is 0 Å². The molecule has 1 aliphatic heterocycles. The number of aromatic nitrogens is 1. The van der Waals surface area contributed by atoms with Gasteiger partial charge >= 0.3 is 5.97 Å². The molecule has 0 unspecified atom stereocenters. The lowest BCUT2D eigenvalue weighted by atomic mass is 10.0. The van der Waals surface area contributed by atoms with Crippen LogP contribution in [-0.4, -0.2) is 39.5 Å². The summed E-state index contributed by atoms with van der Waals surface area (Å²) in [7, 11) is 0. The van der Waals surface area contributed by atoms with Gasteiger partial charge in [0.1, 0.15) is 11.7 Å². The van der Waals surface area contributed by atoms with Crippen molar-refractivity contribution in [2.24, 2.45) is 0 Å². The lowest BCUT2D eigenvalue weighted by Crippen LogP contribution is -2.48. The number of carbonyl (C=O) groups excluding carboxylic acids is 1. The van der Waals surface area contributed by atoms with Gasteiger partial charge in [-0.3, -0.25) is 4.79 Å². The lowest BCUT2D eigenvalue weighted by Gasteiger charge is -2.32. The number of carbonyl (C=O) groups is 2. The second-order valence-corrected chi connectivity index (χ2v) is 6.00. The highest BCUT2D eigenvalue weighted by Gasteiger charge is 2.34. The van der Waals surface area contributed by atoms with E-state index in [1.807, 2.05) is 24.3 Å². The molecule has 2 heterocycles. The van der Waals surface area contributed by atoms with Gasteiger partial charge in [0.25, 0.3) is 5.91 Å². The van der Waals surface area contributed by atoms with Crippen molar-refractivity contribution in [1.82, 2.24) is 9.88 Å². The molecule has 21 heavy (non-hydrogen) atoms. The zero-order valence-electron chi connectivity index (χ0n) is 11.3. The maximum Gasteiger partial charge on any atom is 0.326 e. The summed E-state index contributed by atoms with van der Waals surface area (Å²) in [4.78, 5) is 28.6. The van der Waals surface area contributed by atoms with Crippen LogP contribution in [0.25, 0.3) is 10.9 Å². The number of carboxylic acid groups (broad SMARTS) is 1. The first-order valence-electron chi connectivity index (χ1n) is 6.89. The number of aromatic amines is 1. The first-order chi connectivity index (χ1) is 10.1. The molecule has 3 rings (SSSR count). The van der Waals surface area contributed by atoms with Crippen molar-refractivity contribution in [2.45, 2.75) is 25.3 Å². The number of para-hydroxylation sites is 1. The highest BCUT2D eigenvalue weighted by atomic mass is 79.9. The fourth-order valence-corrected chi connectivity index (χ4v) is 3.44. The number of rotatable bonds is 2. The minimum atomic E-state index is -0.935. The molecule has 1 saturated heterocycles. The van der Waals surface area contributed by atoms with Crippen LogP contribution >= 0.6 is 15.9 Å². The second kappa shape index (κ2) is 5.52. The number of H-pyrrole nitrogens is 1. The summed E-state index contributed by atoms with van der Waals surface area (Å²) >= 11 is 3.45. The smallest absolute Gasteiger partial charge is 0.326 e. The summed E-state index contributed by atoms with van der Waals surface area (Å²) in [5, 5.41) is 10.2. The van der Waals surface area contributed by atoms with Gasteiger partial charge < -0.3 is 15.0 Å². The molecule has 0 spiro atoms. The number of carboxylic acids is 1. The SMILES string of the molecule is O=C(O)[C@H]1CCCCN1C(=O)c1[nH]c2ccccc2c1Br. The van der Waals surface area contributed by atoms with E-state index in [0.29, 0.717) is 23.1 Å². The molecule has 0 saturated carbocycles. The molecule has 110 valence electrons. The molecule has 1 amide bonds. The molecule has 6 heteroatoms. The number of hydrogen-bond donors (Lipinski definition) is 2. The lowest BCUT2D eigenvalue weighted by molar-refractivity contribution is -0.143. The van der Waals surface area contributed by atoms with E-state index in [9.17, 15) is 14.7 Å². The Morgan fingerprint density at radius 2 is 2.05 bits per heavy atom. The molecule has 0 aliphatic carbocycles. The number of piperidine rings is 1. The van der Waals surface area contributed by atoms with Crippen molar-refractivity contribution in [3.05, 3.63) is 34.4 Å². The van der Waals surface area contributed by atoms with Crippen LogP contribution in [0, 0.1) is 0 Å². The summed E-state index contributed by atoms with van der Waals surface area (Å²) in [6, 6.07) is 6.86. The quantitative estimate of drug-likeness (QED) is 0.874. The fraction of sp³-hybridized carbons (Fsp3) is 0.333. The van der Waals surface area contributed by atoms with Crippen molar-refractivity contribution < 1.29 is 14.7 Å². The van der Waals surface area contributed by atoms with Gasteiger partial charge in [-0.25, -0.2) is 4.79 Å². The molecule has 5 nitrogen and oxygen atoms in total. The van der Waals surface area contributed by atoms with Gasteiger partial charge in [-0.15, -0.1) is 0 Å². The number of nitrogens with zero attached hydrogens (tertiary/aromatic N) is 1. The number of amides is 1. The molecule has 1 aromatic carbocycles. The van der Waals surface area contributed by atoms with Gasteiger partial charge in [-0.2, -0.15) is 0 Å². The number of halogens is 1. The van der Waals surface area contributed by atoms with E-state index in [2.05, 4.69) is 20.9 Å². The van der Waals surface area contributed by atoms with Gasteiger partial charge in [0.15, 0.2) is 0 Å².